The van der Waals surface area contributed by atoms with Gasteiger partial charge in [0, 0.05) is 11.6 Å². The molecule has 0 aliphatic heterocycles. The van der Waals surface area contributed by atoms with Crippen LogP contribution in [-0.2, 0) is 6.61 Å². The summed E-state index contributed by atoms with van der Waals surface area (Å²) in [5.41, 5.74) is 6.54. The van der Waals surface area contributed by atoms with Crippen molar-refractivity contribution < 1.29 is 9.50 Å². The third-order valence-corrected chi connectivity index (χ3v) is 1.80. The average Bonchev–Trinajstić information content (AvgIpc) is 2.03. The predicted octanol–water partition coefficient (Wildman–Crippen LogP) is 1.76. The Morgan fingerprint density at radius 2 is 2.15 bits per heavy atom. The van der Waals surface area contributed by atoms with E-state index in [0.717, 1.165) is 0 Å². The van der Waals surface area contributed by atoms with Gasteiger partial charge in [0.05, 0.1) is 6.61 Å². The molecule has 4 heteroatoms. The fourth-order valence-electron chi connectivity index (χ4n) is 1.17. The van der Waals surface area contributed by atoms with Crippen molar-refractivity contribution in [3.8, 4) is 0 Å². The molecule has 3 N–H and O–H groups in total. The minimum absolute atomic E-state index is 0. The van der Waals surface area contributed by atoms with E-state index >= 15 is 0 Å². The number of aliphatic hydroxyl groups excluding tert-OH is 1. The molecule has 13 heavy (non-hydrogen) atoms. The number of halogens is 2. The monoisotopic (exact) mass is 205 g/mol. The molecule has 0 aromatic heterocycles. The van der Waals surface area contributed by atoms with Crippen molar-refractivity contribution in [3.05, 3.63) is 35.1 Å². The van der Waals surface area contributed by atoms with Crippen LogP contribution in [0.1, 0.15) is 24.1 Å². The Balaban J connectivity index is 0.00000144. The van der Waals surface area contributed by atoms with Crippen LogP contribution in [-0.4, -0.2) is 5.11 Å². The first-order valence-electron chi connectivity index (χ1n) is 3.80. The minimum Gasteiger partial charge on any atom is -0.392 e. The SMILES string of the molecule is C[C@H](N)c1cccc(F)c1CO.Cl. The van der Waals surface area contributed by atoms with E-state index in [1.54, 1.807) is 19.1 Å². The molecule has 0 fully saturated rings. The molecule has 0 spiro atoms. The first-order valence-corrected chi connectivity index (χ1v) is 3.80. The van der Waals surface area contributed by atoms with Crippen LogP contribution in [0.5, 0.6) is 0 Å². The number of nitrogens with two attached hydrogens (primary N) is 1. The molecule has 0 saturated heterocycles. The summed E-state index contributed by atoms with van der Waals surface area (Å²) in [7, 11) is 0. The van der Waals surface area contributed by atoms with Gasteiger partial charge in [0.1, 0.15) is 5.82 Å². The lowest BCUT2D eigenvalue weighted by Gasteiger charge is -2.10. The Bertz CT molecular complexity index is 278. The predicted molar refractivity (Wildman–Crippen MR) is 52.2 cm³/mol. The molecule has 0 aliphatic carbocycles. The molecule has 1 atom stereocenters. The summed E-state index contributed by atoms with van der Waals surface area (Å²) in [6.07, 6.45) is 0. The number of aliphatic hydroxyl groups is 1. The quantitative estimate of drug-likeness (QED) is 0.773. The highest BCUT2D eigenvalue weighted by Gasteiger charge is 2.09. The zero-order valence-electron chi connectivity index (χ0n) is 7.33. The van der Waals surface area contributed by atoms with E-state index in [4.69, 9.17) is 10.8 Å². The molecular formula is C9H13ClFNO. The van der Waals surface area contributed by atoms with Crippen LogP contribution in [0.15, 0.2) is 18.2 Å². The molecule has 0 aliphatic rings. The first kappa shape index (κ1) is 12.4. The lowest BCUT2D eigenvalue weighted by molar-refractivity contribution is 0.273. The molecule has 1 rings (SSSR count). The van der Waals surface area contributed by atoms with Crippen molar-refractivity contribution in [2.24, 2.45) is 5.73 Å². The molecule has 0 bridgehead atoms. The molecule has 0 radical (unpaired) electrons. The van der Waals surface area contributed by atoms with Crippen LogP contribution in [0.25, 0.3) is 0 Å². The second kappa shape index (κ2) is 5.17. The van der Waals surface area contributed by atoms with Crippen LogP contribution in [0.2, 0.25) is 0 Å². The van der Waals surface area contributed by atoms with Crippen LogP contribution in [0.4, 0.5) is 4.39 Å². The van der Waals surface area contributed by atoms with E-state index in [-0.39, 0.29) is 25.1 Å². The number of benzene rings is 1. The van der Waals surface area contributed by atoms with Gasteiger partial charge in [0.15, 0.2) is 0 Å². The summed E-state index contributed by atoms with van der Waals surface area (Å²) in [5, 5.41) is 8.85. The third kappa shape index (κ3) is 2.66. The van der Waals surface area contributed by atoms with Crippen molar-refractivity contribution in [2.75, 3.05) is 0 Å². The number of hydrogen-bond donors (Lipinski definition) is 2. The van der Waals surface area contributed by atoms with Gasteiger partial charge in [-0.3, -0.25) is 0 Å². The summed E-state index contributed by atoms with van der Waals surface area (Å²) in [4.78, 5) is 0. The smallest absolute Gasteiger partial charge is 0.129 e. The third-order valence-electron chi connectivity index (χ3n) is 1.80. The van der Waals surface area contributed by atoms with E-state index in [1.165, 1.54) is 6.07 Å². The molecule has 1 aromatic carbocycles. The van der Waals surface area contributed by atoms with Crippen LogP contribution >= 0.6 is 12.4 Å². The fraction of sp³-hybridized carbons (Fsp3) is 0.333. The Morgan fingerprint density at radius 1 is 1.54 bits per heavy atom. The highest BCUT2D eigenvalue weighted by molar-refractivity contribution is 5.85. The van der Waals surface area contributed by atoms with Crippen LogP contribution < -0.4 is 5.73 Å². The maximum absolute atomic E-state index is 13.0. The van der Waals surface area contributed by atoms with Crippen molar-refractivity contribution in [1.82, 2.24) is 0 Å². The van der Waals surface area contributed by atoms with E-state index < -0.39 is 5.82 Å². The lowest BCUT2D eigenvalue weighted by atomic mass is 10.0. The van der Waals surface area contributed by atoms with Crippen LogP contribution in [0.3, 0.4) is 0 Å². The number of hydrogen-bond acceptors (Lipinski definition) is 2. The average molecular weight is 206 g/mol. The molecule has 0 saturated carbocycles. The second-order valence-corrected chi connectivity index (χ2v) is 2.75. The topological polar surface area (TPSA) is 46.2 Å². The maximum atomic E-state index is 13.0. The highest BCUT2D eigenvalue weighted by atomic mass is 35.5. The fourth-order valence-corrected chi connectivity index (χ4v) is 1.17. The van der Waals surface area contributed by atoms with E-state index in [2.05, 4.69) is 0 Å². The zero-order valence-corrected chi connectivity index (χ0v) is 8.14. The Morgan fingerprint density at radius 3 is 2.54 bits per heavy atom. The first-order chi connectivity index (χ1) is 5.66. The minimum atomic E-state index is -0.396. The van der Waals surface area contributed by atoms with Crippen molar-refractivity contribution >= 4 is 12.4 Å². The van der Waals surface area contributed by atoms with E-state index in [0.29, 0.717) is 11.1 Å². The molecule has 2 nitrogen and oxygen atoms in total. The van der Waals surface area contributed by atoms with Crippen molar-refractivity contribution in [1.29, 1.82) is 0 Å². The normalized spacial score (nSPS) is 12.0. The van der Waals surface area contributed by atoms with Gasteiger partial charge in [0.2, 0.25) is 0 Å². The summed E-state index contributed by atoms with van der Waals surface area (Å²) in [6.45, 7) is 1.46. The molecule has 0 heterocycles. The maximum Gasteiger partial charge on any atom is 0.129 e. The molecule has 1 aromatic rings. The molecular weight excluding hydrogens is 193 g/mol. The second-order valence-electron chi connectivity index (χ2n) is 2.75. The number of rotatable bonds is 2. The summed E-state index contributed by atoms with van der Waals surface area (Å²) < 4.78 is 13.0. The van der Waals surface area contributed by atoms with Gasteiger partial charge in [-0.05, 0) is 18.6 Å². The standard InChI is InChI=1S/C9H12FNO.ClH/c1-6(11)7-3-2-4-9(10)8(7)5-12;/h2-4,6,12H,5,11H2,1H3;1H/t6-;/m0./s1. The molecule has 74 valence electrons. The summed E-state index contributed by atoms with van der Waals surface area (Å²) in [6, 6.07) is 4.38. The van der Waals surface area contributed by atoms with Crippen LogP contribution in [0, 0.1) is 5.82 Å². The summed E-state index contributed by atoms with van der Waals surface area (Å²) in [5.74, 6) is -0.396. The van der Waals surface area contributed by atoms with E-state index in [9.17, 15) is 4.39 Å². The van der Waals surface area contributed by atoms with Gasteiger partial charge in [-0.2, -0.15) is 0 Å². The zero-order chi connectivity index (χ0) is 9.14. The highest BCUT2D eigenvalue weighted by Crippen LogP contribution is 2.18. The van der Waals surface area contributed by atoms with Gasteiger partial charge in [-0.15, -0.1) is 12.4 Å². The molecule has 0 unspecified atom stereocenters. The Hall–Kier alpha value is -0.640. The van der Waals surface area contributed by atoms with Gasteiger partial charge in [-0.1, -0.05) is 12.1 Å². The Labute approximate surface area is 83.0 Å². The van der Waals surface area contributed by atoms with Gasteiger partial charge < -0.3 is 10.8 Å². The Kier molecular flexibility index (Phi) is 4.91. The molecule has 0 amide bonds. The van der Waals surface area contributed by atoms with Gasteiger partial charge in [0.25, 0.3) is 0 Å². The van der Waals surface area contributed by atoms with Gasteiger partial charge in [-0.25, -0.2) is 4.39 Å². The lowest BCUT2D eigenvalue weighted by Crippen LogP contribution is -2.09. The van der Waals surface area contributed by atoms with Crippen molar-refractivity contribution in [3.63, 3.8) is 0 Å². The van der Waals surface area contributed by atoms with E-state index in [1.807, 2.05) is 0 Å². The summed E-state index contributed by atoms with van der Waals surface area (Å²) >= 11 is 0. The largest absolute Gasteiger partial charge is 0.392 e. The van der Waals surface area contributed by atoms with Gasteiger partial charge >= 0.3 is 0 Å². The van der Waals surface area contributed by atoms with Crippen molar-refractivity contribution in [2.45, 2.75) is 19.6 Å².